The summed E-state index contributed by atoms with van der Waals surface area (Å²) in [5.41, 5.74) is 2.80. The van der Waals surface area contributed by atoms with Gasteiger partial charge in [-0.1, -0.05) is 18.2 Å². The maximum atomic E-state index is 13.3. The third-order valence-electron chi connectivity index (χ3n) is 6.97. The maximum Gasteiger partial charge on any atom is 0.410 e. The lowest BCUT2D eigenvalue weighted by atomic mass is 9.76. The molecule has 1 saturated carbocycles. The van der Waals surface area contributed by atoms with E-state index in [2.05, 4.69) is 4.90 Å². The fraction of sp³-hybridized carbons (Fsp3) is 0.609. The summed E-state index contributed by atoms with van der Waals surface area (Å²) >= 11 is 0. The van der Waals surface area contributed by atoms with Crippen LogP contribution in [0.5, 0.6) is 0 Å². The van der Waals surface area contributed by atoms with Crippen LogP contribution in [0.1, 0.15) is 25.7 Å². The van der Waals surface area contributed by atoms with E-state index >= 15 is 0 Å². The lowest BCUT2D eigenvalue weighted by Crippen LogP contribution is -2.53. The Kier molecular flexibility index (Phi) is 7.34. The molecule has 0 aromatic heterocycles. The number of β-amino-alcohol motifs (C(OH)–C–C–N with tert-alkyl or cyclic N) is 1. The van der Waals surface area contributed by atoms with Crippen molar-refractivity contribution in [2.24, 2.45) is 11.8 Å². The molecule has 3 amide bonds. The first-order valence-corrected chi connectivity index (χ1v) is 11.6. The zero-order valence-corrected chi connectivity index (χ0v) is 18.6. The van der Waals surface area contributed by atoms with Gasteiger partial charge in [-0.05, 0) is 37.8 Å². The van der Waals surface area contributed by atoms with Gasteiger partial charge in [0.15, 0.2) is 0 Å². The molecule has 1 unspecified atom stereocenters. The predicted molar refractivity (Wildman–Crippen MR) is 118 cm³/mol. The van der Waals surface area contributed by atoms with Crippen molar-refractivity contribution >= 4 is 23.6 Å². The average molecular weight is 461 g/mol. The summed E-state index contributed by atoms with van der Waals surface area (Å²) in [5, 5.41) is 18.9. The Morgan fingerprint density at radius 1 is 0.909 bits per heavy atom. The van der Waals surface area contributed by atoms with E-state index in [1.165, 1.54) is 4.90 Å². The number of hydroxylamine groups is 1. The number of rotatable bonds is 4. The van der Waals surface area contributed by atoms with Crippen molar-refractivity contribution < 1.29 is 29.4 Å². The largest absolute Gasteiger partial charge is 0.446 e. The van der Waals surface area contributed by atoms with E-state index in [9.17, 15) is 24.7 Å². The Labute approximate surface area is 193 Å². The minimum Gasteiger partial charge on any atom is -0.446 e. The molecule has 4 rings (SSSR count). The quantitative estimate of drug-likeness (QED) is 0.449. The number of aliphatic hydroxyl groups excluding tert-OH is 1. The standard InChI is InChI=1S/C23H32N4O6/c28-17-8-9-27(15-17)23(31)33-18-6-7-19(20(14-18)21(29)24-32)22(30)26-12-10-25(11-13-26)16-4-2-1-3-5-16/h1-5,17-20,28,32H,6-15H2,(H,24,29)/t17-,18-,19+,20?/m1/s1. The van der Waals surface area contributed by atoms with Crippen LogP contribution >= 0.6 is 0 Å². The first-order chi connectivity index (χ1) is 16.0. The molecule has 0 bridgehead atoms. The molecule has 0 spiro atoms. The Morgan fingerprint density at radius 3 is 2.27 bits per heavy atom. The number of nitrogens with zero attached hydrogens (tertiary/aromatic N) is 3. The van der Waals surface area contributed by atoms with Crippen LogP contribution in [0.4, 0.5) is 10.5 Å². The highest BCUT2D eigenvalue weighted by Crippen LogP contribution is 2.34. The fourth-order valence-corrected chi connectivity index (χ4v) is 5.09. The van der Waals surface area contributed by atoms with Gasteiger partial charge in [0.2, 0.25) is 11.8 Å². The van der Waals surface area contributed by atoms with E-state index in [-0.39, 0.29) is 18.9 Å². The summed E-state index contributed by atoms with van der Waals surface area (Å²) in [5.74, 6) is -2.06. The van der Waals surface area contributed by atoms with Gasteiger partial charge >= 0.3 is 6.09 Å². The molecular weight excluding hydrogens is 428 g/mol. The Morgan fingerprint density at radius 2 is 1.64 bits per heavy atom. The first-order valence-electron chi connectivity index (χ1n) is 11.6. The van der Waals surface area contributed by atoms with Gasteiger partial charge in [-0.2, -0.15) is 0 Å². The second-order valence-electron chi connectivity index (χ2n) is 9.04. The topological polar surface area (TPSA) is 123 Å². The number of carbonyl (C=O) groups excluding carboxylic acids is 3. The number of aliphatic hydroxyl groups is 1. The van der Waals surface area contributed by atoms with Crippen LogP contribution in [-0.2, 0) is 14.3 Å². The molecule has 3 aliphatic rings. The first kappa shape index (κ1) is 23.3. The molecule has 2 heterocycles. The van der Waals surface area contributed by atoms with Crippen LogP contribution in [0.15, 0.2) is 30.3 Å². The van der Waals surface area contributed by atoms with Crippen LogP contribution in [-0.4, -0.2) is 89.5 Å². The zero-order chi connectivity index (χ0) is 23.4. The van der Waals surface area contributed by atoms with E-state index < -0.39 is 36.0 Å². The van der Waals surface area contributed by atoms with Crippen molar-refractivity contribution in [2.45, 2.75) is 37.9 Å². The smallest absolute Gasteiger partial charge is 0.410 e. The number of carbonyl (C=O) groups is 3. The minimum absolute atomic E-state index is 0.0937. The molecule has 2 aliphatic heterocycles. The van der Waals surface area contributed by atoms with Crippen molar-refractivity contribution in [3.05, 3.63) is 30.3 Å². The Bertz CT molecular complexity index is 845. The second kappa shape index (κ2) is 10.4. The van der Waals surface area contributed by atoms with Gasteiger partial charge in [-0.3, -0.25) is 14.8 Å². The fourth-order valence-electron chi connectivity index (χ4n) is 5.09. The minimum atomic E-state index is -0.773. The van der Waals surface area contributed by atoms with Crippen LogP contribution in [0.3, 0.4) is 0 Å². The summed E-state index contributed by atoms with van der Waals surface area (Å²) in [4.78, 5) is 43.6. The van der Waals surface area contributed by atoms with Crippen molar-refractivity contribution in [3.8, 4) is 0 Å². The van der Waals surface area contributed by atoms with Crippen molar-refractivity contribution in [3.63, 3.8) is 0 Å². The SMILES string of the molecule is O=C(NO)C1C[C@H](OC(=O)N2CC[C@@H](O)C2)CC[C@@H]1C(=O)N1CCN(c2ccccc2)CC1. The molecule has 0 radical (unpaired) electrons. The Balaban J connectivity index is 1.34. The van der Waals surface area contributed by atoms with Crippen molar-refractivity contribution in [2.75, 3.05) is 44.2 Å². The van der Waals surface area contributed by atoms with Gasteiger partial charge in [0.25, 0.3) is 0 Å². The number of nitrogens with one attached hydrogen (secondary N) is 1. The number of piperazine rings is 1. The molecule has 2 saturated heterocycles. The van der Waals surface area contributed by atoms with E-state index in [0.29, 0.717) is 52.0 Å². The third-order valence-corrected chi connectivity index (χ3v) is 6.97. The van der Waals surface area contributed by atoms with Crippen LogP contribution in [0, 0.1) is 11.8 Å². The number of likely N-dealkylation sites (tertiary alicyclic amines) is 1. The van der Waals surface area contributed by atoms with Gasteiger partial charge in [-0.25, -0.2) is 10.3 Å². The molecule has 3 fully saturated rings. The normalized spacial score (nSPS) is 27.9. The summed E-state index contributed by atoms with van der Waals surface area (Å²) < 4.78 is 5.57. The molecule has 1 aromatic carbocycles. The van der Waals surface area contributed by atoms with Crippen LogP contribution in [0.2, 0.25) is 0 Å². The zero-order valence-electron chi connectivity index (χ0n) is 18.6. The summed E-state index contributed by atoms with van der Waals surface area (Å²) in [6.45, 7) is 3.22. The maximum absolute atomic E-state index is 13.3. The highest BCUT2D eigenvalue weighted by molar-refractivity contribution is 5.87. The van der Waals surface area contributed by atoms with Crippen LogP contribution in [0.25, 0.3) is 0 Å². The van der Waals surface area contributed by atoms with Gasteiger partial charge in [0.05, 0.1) is 17.9 Å². The van der Waals surface area contributed by atoms with E-state index in [1.807, 2.05) is 30.3 Å². The third kappa shape index (κ3) is 5.39. The van der Waals surface area contributed by atoms with Crippen LogP contribution < -0.4 is 10.4 Å². The van der Waals surface area contributed by atoms with Crippen molar-refractivity contribution in [1.82, 2.24) is 15.3 Å². The number of para-hydroxylation sites is 1. The van der Waals surface area contributed by atoms with Gasteiger partial charge in [-0.15, -0.1) is 0 Å². The molecule has 1 aromatic rings. The Hall–Kier alpha value is -2.85. The number of benzene rings is 1. The van der Waals surface area contributed by atoms with E-state index in [1.54, 1.807) is 10.4 Å². The number of ether oxygens (including phenoxy) is 1. The molecule has 3 N–H and O–H groups in total. The highest BCUT2D eigenvalue weighted by atomic mass is 16.6. The number of hydrogen-bond acceptors (Lipinski definition) is 7. The number of anilines is 1. The lowest BCUT2D eigenvalue weighted by molar-refractivity contribution is -0.149. The summed E-state index contributed by atoms with van der Waals surface area (Å²) in [6, 6.07) is 10.0. The molecule has 180 valence electrons. The molecule has 10 heteroatoms. The van der Waals surface area contributed by atoms with E-state index in [0.717, 1.165) is 5.69 Å². The van der Waals surface area contributed by atoms with Gasteiger partial charge in [0, 0.05) is 45.0 Å². The number of amides is 3. The van der Waals surface area contributed by atoms with E-state index in [4.69, 9.17) is 4.74 Å². The molecular formula is C23H32N4O6. The predicted octanol–water partition coefficient (Wildman–Crippen LogP) is 0.829. The monoisotopic (exact) mass is 460 g/mol. The average Bonchev–Trinajstić information content (AvgIpc) is 3.30. The molecule has 33 heavy (non-hydrogen) atoms. The molecule has 10 nitrogen and oxygen atoms in total. The summed E-state index contributed by atoms with van der Waals surface area (Å²) in [6.07, 6.45) is -0.00821. The highest BCUT2D eigenvalue weighted by Gasteiger charge is 2.43. The summed E-state index contributed by atoms with van der Waals surface area (Å²) in [7, 11) is 0. The molecule has 1 aliphatic carbocycles. The lowest BCUT2D eigenvalue weighted by Gasteiger charge is -2.40. The van der Waals surface area contributed by atoms with Gasteiger partial charge < -0.3 is 24.5 Å². The second-order valence-corrected chi connectivity index (χ2v) is 9.04. The van der Waals surface area contributed by atoms with Gasteiger partial charge in [0.1, 0.15) is 6.10 Å². The number of hydrogen-bond donors (Lipinski definition) is 3. The van der Waals surface area contributed by atoms with Crippen molar-refractivity contribution in [1.29, 1.82) is 0 Å². The molecule has 4 atom stereocenters.